The van der Waals surface area contributed by atoms with Gasteiger partial charge in [-0.25, -0.2) is 5.32 Å². The van der Waals surface area contributed by atoms with Gasteiger partial charge in [0.05, 0.1) is 5.92 Å². The molecule has 1 aromatic rings. The van der Waals surface area contributed by atoms with E-state index in [2.05, 4.69) is 15.5 Å². The first-order chi connectivity index (χ1) is 6.40. The van der Waals surface area contributed by atoms with E-state index >= 15 is 0 Å². The Morgan fingerprint density at radius 2 is 2.46 bits per heavy atom. The third kappa shape index (κ3) is 1.88. The number of hydrogen-bond acceptors (Lipinski definition) is 3. The average Bonchev–Trinajstić information content (AvgIpc) is 2.67. The number of rotatable bonds is 2. The highest BCUT2D eigenvalue weighted by Crippen LogP contribution is 2.21. The summed E-state index contributed by atoms with van der Waals surface area (Å²) >= 11 is 0. The van der Waals surface area contributed by atoms with Crippen LogP contribution in [0.1, 0.15) is 37.4 Å². The van der Waals surface area contributed by atoms with Crippen molar-refractivity contribution in [1.29, 1.82) is 0 Å². The van der Waals surface area contributed by atoms with Crippen molar-refractivity contribution in [3.05, 3.63) is 11.7 Å². The summed E-state index contributed by atoms with van der Waals surface area (Å²) in [6, 6.07) is 0. The SMILES string of the molecule is CCc1noc(C2CCC[N]C2)n1. The Morgan fingerprint density at radius 3 is 3.08 bits per heavy atom. The number of piperidine rings is 1. The third-order valence-corrected chi connectivity index (χ3v) is 2.37. The van der Waals surface area contributed by atoms with Crippen molar-refractivity contribution in [3.8, 4) is 0 Å². The fraction of sp³-hybridized carbons (Fsp3) is 0.778. The predicted molar refractivity (Wildman–Crippen MR) is 47.5 cm³/mol. The van der Waals surface area contributed by atoms with Gasteiger partial charge in [0, 0.05) is 19.5 Å². The zero-order valence-electron chi connectivity index (χ0n) is 7.86. The Bertz CT molecular complexity index is 266. The molecule has 0 aliphatic carbocycles. The van der Waals surface area contributed by atoms with E-state index in [9.17, 15) is 0 Å². The van der Waals surface area contributed by atoms with Gasteiger partial charge in [0.2, 0.25) is 5.89 Å². The second kappa shape index (κ2) is 3.87. The number of aryl methyl sites for hydroxylation is 1. The van der Waals surface area contributed by atoms with Crippen LogP contribution in [0.5, 0.6) is 0 Å². The minimum atomic E-state index is 0.376. The van der Waals surface area contributed by atoms with E-state index in [4.69, 9.17) is 4.52 Å². The first kappa shape index (κ1) is 8.69. The highest BCUT2D eigenvalue weighted by atomic mass is 16.5. The molecule has 1 fully saturated rings. The van der Waals surface area contributed by atoms with Crippen LogP contribution in [0.15, 0.2) is 4.52 Å². The normalized spacial score (nSPS) is 23.3. The van der Waals surface area contributed by atoms with Crippen molar-refractivity contribution in [1.82, 2.24) is 15.5 Å². The Hall–Kier alpha value is -0.900. The molecule has 1 saturated heterocycles. The molecule has 0 bridgehead atoms. The number of hydrogen-bond donors (Lipinski definition) is 0. The van der Waals surface area contributed by atoms with E-state index in [0.717, 1.165) is 44.1 Å². The Morgan fingerprint density at radius 1 is 1.54 bits per heavy atom. The van der Waals surface area contributed by atoms with Crippen LogP contribution < -0.4 is 5.32 Å². The molecule has 4 nitrogen and oxygen atoms in total. The van der Waals surface area contributed by atoms with E-state index in [0.29, 0.717) is 5.92 Å². The quantitative estimate of drug-likeness (QED) is 0.685. The van der Waals surface area contributed by atoms with E-state index in [1.807, 2.05) is 6.92 Å². The summed E-state index contributed by atoms with van der Waals surface area (Å²) in [6.07, 6.45) is 3.12. The second-order valence-electron chi connectivity index (χ2n) is 3.37. The fourth-order valence-electron chi connectivity index (χ4n) is 1.57. The molecule has 2 rings (SSSR count). The zero-order chi connectivity index (χ0) is 9.10. The lowest BCUT2D eigenvalue weighted by Crippen LogP contribution is -2.22. The first-order valence-corrected chi connectivity index (χ1v) is 4.86. The minimum Gasteiger partial charge on any atom is -0.339 e. The summed E-state index contributed by atoms with van der Waals surface area (Å²) in [5.41, 5.74) is 0. The monoisotopic (exact) mass is 180 g/mol. The summed E-state index contributed by atoms with van der Waals surface area (Å²) in [7, 11) is 0. The minimum absolute atomic E-state index is 0.376. The molecule has 1 aliphatic heterocycles. The van der Waals surface area contributed by atoms with Crippen LogP contribution in [-0.2, 0) is 6.42 Å². The molecular formula is C9H14N3O. The van der Waals surface area contributed by atoms with E-state index in [-0.39, 0.29) is 0 Å². The molecule has 1 atom stereocenters. The van der Waals surface area contributed by atoms with Crippen molar-refractivity contribution in [2.24, 2.45) is 0 Å². The molecule has 2 heterocycles. The van der Waals surface area contributed by atoms with Gasteiger partial charge in [0.25, 0.3) is 0 Å². The zero-order valence-corrected chi connectivity index (χ0v) is 7.86. The maximum absolute atomic E-state index is 5.17. The van der Waals surface area contributed by atoms with Gasteiger partial charge in [-0.3, -0.25) is 0 Å². The average molecular weight is 180 g/mol. The molecule has 71 valence electrons. The topological polar surface area (TPSA) is 53.0 Å². The highest BCUT2D eigenvalue weighted by Gasteiger charge is 2.21. The van der Waals surface area contributed by atoms with E-state index in [1.165, 1.54) is 0 Å². The van der Waals surface area contributed by atoms with E-state index in [1.54, 1.807) is 0 Å². The van der Waals surface area contributed by atoms with Gasteiger partial charge >= 0.3 is 0 Å². The molecule has 4 heteroatoms. The van der Waals surface area contributed by atoms with Crippen molar-refractivity contribution in [2.75, 3.05) is 13.1 Å². The van der Waals surface area contributed by atoms with Crippen molar-refractivity contribution in [2.45, 2.75) is 32.1 Å². The lowest BCUT2D eigenvalue weighted by Gasteiger charge is -2.17. The lowest BCUT2D eigenvalue weighted by atomic mass is 10.00. The lowest BCUT2D eigenvalue weighted by molar-refractivity contribution is 0.318. The molecule has 13 heavy (non-hydrogen) atoms. The molecule has 0 saturated carbocycles. The Balaban J connectivity index is 2.05. The summed E-state index contributed by atoms with van der Waals surface area (Å²) < 4.78 is 5.17. The van der Waals surface area contributed by atoms with Gasteiger partial charge in [-0.1, -0.05) is 12.1 Å². The summed E-state index contributed by atoms with van der Waals surface area (Å²) in [4.78, 5) is 4.31. The van der Waals surface area contributed by atoms with Crippen molar-refractivity contribution >= 4 is 0 Å². The van der Waals surface area contributed by atoms with E-state index < -0.39 is 0 Å². The second-order valence-corrected chi connectivity index (χ2v) is 3.37. The van der Waals surface area contributed by atoms with Gasteiger partial charge in [0.1, 0.15) is 0 Å². The molecule has 0 aromatic carbocycles. The van der Waals surface area contributed by atoms with Crippen LogP contribution in [0.4, 0.5) is 0 Å². The predicted octanol–water partition coefficient (Wildman–Crippen LogP) is 1.11. The number of nitrogens with zero attached hydrogens (tertiary/aromatic N) is 3. The number of aromatic nitrogens is 2. The molecule has 1 aliphatic rings. The van der Waals surface area contributed by atoms with Crippen LogP contribution >= 0.6 is 0 Å². The van der Waals surface area contributed by atoms with Crippen LogP contribution in [0.25, 0.3) is 0 Å². The first-order valence-electron chi connectivity index (χ1n) is 4.86. The Labute approximate surface area is 77.7 Å². The van der Waals surface area contributed by atoms with Gasteiger partial charge in [-0.2, -0.15) is 4.98 Å². The fourth-order valence-corrected chi connectivity index (χ4v) is 1.57. The van der Waals surface area contributed by atoms with Crippen molar-refractivity contribution in [3.63, 3.8) is 0 Å². The summed E-state index contributed by atoms with van der Waals surface area (Å²) in [5, 5.41) is 8.22. The van der Waals surface area contributed by atoms with Crippen LogP contribution in [0.3, 0.4) is 0 Å². The smallest absolute Gasteiger partial charge is 0.231 e. The molecule has 0 amide bonds. The van der Waals surface area contributed by atoms with Gasteiger partial charge < -0.3 is 4.52 Å². The standard InChI is InChI=1S/C9H14N3O/c1-2-8-11-9(13-12-8)7-4-3-5-10-6-7/h7H,2-6H2,1H3. The molecule has 1 radical (unpaired) electrons. The maximum Gasteiger partial charge on any atom is 0.231 e. The third-order valence-electron chi connectivity index (χ3n) is 2.37. The van der Waals surface area contributed by atoms with Gasteiger partial charge in [-0.05, 0) is 12.8 Å². The molecule has 1 unspecified atom stereocenters. The largest absolute Gasteiger partial charge is 0.339 e. The highest BCUT2D eigenvalue weighted by molar-refractivity contribution is 4.96. The van der Waals surface area contributed by atoms with Crippen LogP contribution in [0.2, 0.25) is 0 Å². The molecule has 1 aromatic heterocycles. The molecule has 0 N–H and O–H groups in total. The van der Waals surface area contributed by atoms with Crippen molar-refractivity contribution < 1.29 is 4.52 Å². The van der Waals surface area contributed by atoms with Crippen LogP contribution in [-0.4, -0.2) is 23.2 Å². The molecule has 0 spiro atoms. The summed E-state index contributed by atoms with van der Waals surface area (Å²) in [6.45, 7) is 3.87. The Kier molecular flexibility index (Phi) is 2.59. The van der Waals surface area contributed by atoms with Crippen LogP contribution in [0, 0.1) is 0 Å². The summed E-state index contributed by atoms with van der Waals surface area (Å²) in [5.74, 6) is 1.96. The maximum atomic E-state index is 5.17. The van der Waals surface area contributed by atoms with Gasteiger partial charge in [0.15, 0.2) is 5.82 Å². The van der Waals surface area contributed by atoms with Gasteiger partial charge in [-0.15, -0.1) is 0 Å². The molecular weight excluding hydrogens is 166 g/mol.